The molecule has 7 heteroatoms. The second-order valence-electron chi connectivity index (χ2n) is 4.30. The quantitative estimate of drug-likeness (QED) is 0.737. The van der Waals surface area contributed by atoms with Crippen LogP contribution in [0, 0.1) is 0 Å². The predicted octanol–water partition coefficient (Wildman–Crippen LogP) is 0.823. The van der Waals surface area contributed by atoms with E-state index in [1.807, 2.05) is 0 Å². The summed E-state index contributed by atoms with van der Waals surface area (Å²) in [6.07, 6.45) is -0.345. The van der Waals surface area contributed by atoms with Gasteiger partial charge in [0.25, 0.3) is 0 Å². The molecule has 0 spiro atoms. The van der Waals surface area contributed by atoms with E-state index in [9.17, 15) is 9.59 Å². The summed E-state index contributed by atoms with van der Waals surface area (Å²) in [6.45, 7) is 5.49. The van der Waals surface area contributed by atoms with Gasteiger partial charge in [0.1, 0.15) is 11.6 Å². The van der Waals surface area contributed by atoms with E-state index in [1.165, 1.54) is 7.11 Å². The number of hydrogen-bond donors (Lipinski definition) is 2. The topological polar surface area (TPSA) is 90.6 Å². The maximum absolute atomic E-state index is 11.4. The van der Waals surface area contributed by atoms with Crippen molar-refractivity contribution in [2.45, 2.75) is 38.8 Å². The molecule has 6 nitrogen and oxygen atoms in total. The standard InChI is InChI=1S/C10H20N2O4.ClH/c1-10(2,3)16-9(14)12-7(5-6-11)8(13)15-4;/h7H,5-6,11H2,1-4H3,(H,12,14);1H. The monoisotopic (exact) mass is 268 g/mol. The number of carbonyl (C=O) groups excluding carboxylic acids is 2. The summed E-state index contributed by atoms with van der Waals surface area (Å²) in [4.78, 5) is 22.6. The maximum atomic E-state index is 11.4. The molecule has 3 N–H and O–H groups in total. The molecule has 0 saturated heterocycles. The van der Waals surface area contributed by atoms with Gasteiger partial charge in [0.15, 0.2) is 0 Å². The molecular formula is C10H21ClN2O4. The second-order valence-corrected chi connectivity index (χ2v) is 4.30. The Morgan fingerprint density at radius 2 is 1.88 bits per heavy atom. The van der Waals surface area contributed by atoms with Crippen molar-refractivity contribution >= 4 is 24.5 Å². The fourth-order valence-electron chi connectivity index (χ4n) is 1.01. The van der Waals surface area contributed by atoms with Gasteiger partial charge in [-0.25, -0.2) is 9.59 Å². The molecule has 0 rings (SSSR count). The van der Waals surface area contributed by atoms with Gasteiger partial charge >= 0.3 is 12.1 Å². The zero-order valence-electron chi connectivity index (χ0n) is 10.6. The minimum absolute atomic E-state index is 0. The van der Waals surface area contributed by atoms with Gasteiger partial charge in [-0.1, -0.05) is 0 Å². The van der Waals surface area contributed by atoms with E-state index < -0.39 is 23.7 Å². The molecule has 0 heterocycles. The highest BCUT2D eigenvalue weighted by Crippen LogP contribution is 2.07. The second kappa shape index (κ2) is 8.14. The third-order valence-corrected chi connectivity index (χ3v) is 1.63. The zero-order valence-corrected chi connectivity index (χ0v) is 11.4. The Hall–Kier alpha value is -1.01. The molecule has 1 amide bonds. The normalized spacial score (nSPS) is 12.1. The highest BCUT2D eigenvalue weighted by molar-refractivity contribution is 5.85. The lowest BCUT2D eigenvalue weighted by Crippen LogP contribution is -2.44. The maximum Gasteiger partial charge on any atom is 0.408 e. The average Bonchev–Trinajstić information content (AvgIpc) is 2.13. The molecule has 0 aromatic rings. The van der Waals surface area contributed by atoms with Crippen LogP contribution in [0.4, 0.5) is 4.79 Å². The molecule has 0 aliphatic rings. The van der Waals surface area contributed by atoms with Gasteiger partial charge in [-0.2, -0.15) is 0 Å². The Morgan fingerprint density at radius 3 is 2.24 bits per heavy atom. The Morgan fingerprint density at radius 1 is 1.35 bits per heavy atom. The fourth-order valence-corrected chi connectivity index (χ4v) is 1.01. The largest absolute Gasteiger partial charge is 0.467 e. The van der Waals surface area contributed by atoms with Crippen LogP contribution in [-0.2, 0) is 14.3 Å². The van der Waals surface area contributed by atoms with Crippen molar-refractivity contribution in [3.8, 4) is 0 Å². The first kappa shape index (κ1) is 18.4. The molecule has 0 bridgehead atoms. The molecule has 0 aliphatic heterocycles. The summed E-state index contributed by atoms with van der Waals surface area (Å²) >= 11 is 0. The van der Waals surface area contributed by atoms with Crippen LogP contribution >= 0.6 is 12.4 Å². The molecule has 1 unspecified atom stereocenters. The van der Waals surface area contributed by atoms with Gasteiger partial charge in [-0.3, -0.25) is 0 Å². The Balaban J connectivity index is 0. The van der Waals surface area contributed by atoms with Crippen LogP contribution in [0.25, 0.3) is 0 Å². The smallest absolute Gasteiger partial charge is 0.408 e. The van der Waals surface area contributed by atoms with Gasteiger partial charge in [-0.05, 0) is 33.7 Å². The van der Waals surface area contributed by atoms with E-state index in [0.29, 0.717) is 6.42 Å². The molecule has 0 saturated carbocycles. The zero-order chi connectivity index (χ0) is 12.8. The van der Waals surface area contributed by atoms with Crippen LogP contribution in [0.5, 0.6) is 0 Å². The number of methoxy groups -OCH3 is 1. The predicted molar refractivity (Wildman–Crippen MR) is 66.1 cm³/mol. The summed E-state index contributed by atoms with van der Waals surface area (Å²) in [5.41, 5.74) is 4.72. The molecule has 102 valence electrons. The first-order valence-corrected chi connectivity index (χ1v) is 5.07. The summed E-state index contributed by atoms with van der Waals surface area (Å²) in [6, 6.07) is -0.759. The van der Waals surface area contributed by atoms with Gasteiger partial charge in [-0.15, -0.1) is 12.4 Å². The van der Waals surface area contributed by atoms with E-state index in [-0.39, 0.29) is 19.0 Å². The van der Waals surface area contributed by atoms with Gasteiger partial charge in [0.2, 0.25) is 0 Å². The van der Waals surface area contributed by atoms with Crippen molar-refractivity contribution in [1.29, 1.82) is 0 Å². The van der Waals surface area contributed by atoms with E-state index in [1.54, 1.807) is 20.8 Å². The highest BCUT2D eigenvalue weighted by atomic mass is 35.5. The third kappa shape index (κ3) is 8.76. The number of nitrogens with two attached hydrogens (primary N) is 1. The van der Waals surface area contributed by atoms with Crippen molar-refractivity contribution < 1.29 is 19.1 Å². The summed E-state index contributed by atoms with van der Waals surface area (Å²) in [7, 11) is 1.25. The Bertz CT molecular complexity index is 253. The first-order chi connectivity index (χ1) is 7.30. The van der Waals surface area contributed by atoms with Crippen molar-refractivity contribution in [3.63, 3.8) is 0 Å². The lowest BCUT2D eigenvalue weighted by atomic mass is 10.2. The lowest BCUT2D eigenvalue weighted by molar-refractivity contribution is -0.143. The van der Waals surface area contributed by atoms with E-state index in [4.69, 9.17) is 10.5 Å². The highest BCUT2D eigenvalue weighted by Gasteiger charge is 2.24. The van der Waals surface area contributed by atoms with E-state index in [2.05, 4.69) is 10.1 Å². The number of carbonyl (C=O) groups is 2. The number of rotatable bonds is 4. The minimum Gasteiger partial charge on any atom is -0.467 e. The Kier molecular flexibility index (Phi) is 8.79. The van der Waals surface area contributed by atoms with Gasteiger partial charge in [0.05, 0.1) is 7.11 Å². The Labute approximate surface area is 108 Å². The minimum atomic E-state index is -0.759. The van der Waals surface area contributed by atoms with Gasteiger partial charge < -0.3 is 20.5 Å². The molecule has 1 atom stereocenters. The summed E-state index contributed by atoms with van der Waals surface area (Å²) in [5.74, 6) is -0.531. The van der Waals surface area contributed by atoms with Crippen molar-refractivity contribution in [1.82, 2.24) is 5.32 Å². The van der Waals surface area contributed by atoms with Crippen LogP contribution in [-0.4, -0.2) is 37.4 Å². The lowest BCUT2D eigenvalue weighted by Gasteiger charge is -2.22. The number of nitrogens with one attached hydrogen (secondary N) is 1. The number of esters is 1. The number of amides is 1. The number of ether oxygens (including phenoxy) is 2. The molecule has 0 aliphatic carbocycles. The molecule has 17 heavy (non-hydrogen) atoms. The number of alkyl carbamates (subject to hydrolysis) is 1. The fraction of sp³-hybridized carbons (Fsp3) is 0.800. The van der Waals surface area contributed by atoms with Crippen LogP contribution in [0.1, 0.15) is 27.2 Å². The summed E-state index contributed by atoms with van der Waals surface area (Å²) in [5, 5.41) is 2.41. The van der Waals surface area contributed by atoms with Crippen molar-refractivity contribution in [2.24, 2.45) is 5.73 Å². The molecule has 0 aromatic carbocycles. The summed E-state index contributed by atoms with van der Waals surface area (Å²) < 4.78 is 9.54. The van der Waals surface area contributed by atoms with Crippen molar-refractivity contribution in [2.75, 3.05) is 13.7 Å². The van der Waals surface area contributed by atoms with Crippen molar-refractivity contribution in [3.05, 3.63) is 0 Å². The number of hydrogen-bond acceptors (Lipinski definition) is 5. The SMILES string of the molecule is COC(=O)C(CCN)NC(=O)OC(C)(C)C.Cl. The molecular weight excluding hydrogens is 248 g/mol. The van der Waals surface area contributed by atoms with Crippen LogP contribution in [0.2, 0.25) is 0 Å². The number of halogens is 1. The van der Waals surface area contributed by atoms with E-state index in [0.717, 1.165) is 0 Å². The molecule has 0 aromatic heterocycles. The molecule has 0 radical (unpaired) electrons. The van der Waals surface area contributed by atoms with Gasteiger partial charge in [0, 0.05) is 0 Å². The van der Waals surface area contributed by atoms with E-state index >= 15 is 0 Å². The van der Waals surface area contributed by atoms with Crippen LogP contribution in [0.3, 0.4) is 0 Å². The van der Waals surface area contributed by atoms with Crippen LogP contribution in [0.15, 0.2) is 0 Å². The molecule has 0 fully saturated rings. The average molecular weight is 269 g/mol. The van der Waals surface area contributed by atoms with Crippen LogP contribution < -0.4 is 11.1 Å². The third-order valence-electron chi connectivity index (χ3n) is 1.63. The first-order valence-electron chi connectivity index (χ1n) is 5.07.